The van der Waals surface area contributed by atoms with Crippen LogP contribution < -0.4 is 5.32 Å². The van der Waals surface area contributed by atoms with E-state index in [-0.39, 0.29) is 17.0 Å². The van der Waals surface area contributed by atoms with Gasteiger partial charge in [-0.1, -0.05) is 6.07 Å². The molecule has 0 saturated heterocycles. The number of nitrogens with one attached hydrogen (secondary N) is 1. The van der Waals surface area contributed by atoms with E-state index in [0.717, 1.165) is 4.88 Å². The second-order valence-electron chi connectivity index (χ2n) is 4.62. The first kappa shape index (κ1) is 17.4. The van der Waals surface area contributed by atoms with E-state index in [9.17, 15) is 14.4 Å². The lowest BCUT2D eigenvalue weighted by atomic mass is 10.1. The van der Waals surface area contributed by atoms with Crippen molar-refractivity contribution in [2.75, 3.05) is 19.5 Å². The van der Waals surface area contributed by atoms with Crippen molar-refractivity contribution in [1.82, 2.24) is 0 Å². The standard InChI is InChI=1S/C17H15NO5S/c1-22-16(20)11-8-12(17(21)23-2)10-13(9-11)18-15(19)6-5-14-4-3-7-24-14/h3-10H,1-2H3,(H,18,19). The topological polar surface area (TPSA) is 81.7 Å². The summed E-state index contributed by atoms with van der Waals surface area (Å²) >= 11 is 1.50. The zero-order chi connectivity index (χ0) is 17.5. The Morgan fingerprint density at radius 1 is 1.04 bits per heavy atom. The van der Waals surface area contributed by atoms with E-state index < -0.39 is 11.9 Å². The third-order valence-electron chi connectivity index (χ3n) is 2.98. The molecule has 1 N–H and O–H groups in total. The Kier molecular flexibility index (Phi) is 5.86. The second-order valence-corrected chi connectivity index (χ2v) is 5.60. The van der Waals surface area contributed by atoms with E-state index in [2.05, 4.69) is 14.8 Å². The van der Waals surface area contributed by atoms with Gasteiger partial charge in [-0.3, -0.25) is 4.79 Å². The number of hydrogen-bond donors (Lipinski definition) is 1. The van der Waals surface area contributed by atoms with Crippen LogP contribution in [0.1, 0.15) is 25.6 Å². The smallest absolute Gasteiger partial charge is 0.337 e. The summed E-state index contributed by atoms with van der Waals surface area (Å²) in [6.07, 6.45) is 3.04. The number of amides is 1. The largest absolute Gasteiger partial charge is 0.465 e. The maximum absolute atomic E-state index is 12.0. The molecule has 1 aromatic carbocycles. The number of hydrogen-bond acceptors (Lipinski definition) is 6. The molecule has 0 aliphatic heterocycles. The van der Waals surface area contributed by atoms with Gasteiger partial charge in [-0.25, -0.2) is 9.59 Å². The van der Waals surface area contributed by atoms with Crippen LogP contribution in [0.25, 0.3) is 6.08 Å². The summed E-state index contributed by atoms with van der Waals surface area (Å²) in [6.45, 7) is 0. The quantitative estimate of drug-likeness (QED) is 0.665. The molecular weight excluding hydrogens is 330 g/mol. The number of esters is 2. The van der Waals surface area contributed by atoms with Gasteiger partial charge < -0.3 is 14.8 Å². The SMILES string of the molecule is COC(=O)c1cc(NC(=O)C=Cc2cccs2)cc(C(=O)OC)c1. The van der Waals surface area contributed by atoms with E-state index >= 15 is 0 Å². The Morgan fingerprint density at radius 2 is 1.67 bits per heavy atom. The van der Waals surface area contributed by atoms with Crippen LogP contribution in [0.5, 0.6) is 0 Å². The maximum Gasteiger partial charge on any atom is 0.337 e. The Balaban J connectivity index is 2.23. The molecule has 0 atom stereocenters. The van der Waals surface area contributed by atoms with Gasteiger partial charge in [0.05, 0.1) is 25.3 Å². The molecule has 124 valence electrons. The first-order valence-electron chi connectivity index (χ1n) is 6.88. The highest BCUT2D eigenvalue weighted by molar-refractivity contribution is 7.10. The van der Waals surface area contributed by atoms with Gasteiger partial charge >= 0.3 is 11.9 Å². The van der Waals surface area contributed by atoms with E-state index in [1.807, 2.05) is 17.5 Å². The van der Waals surface area contributed by atoms with Crippen LogP contribution in [0, 0.1) is 0 Å². The molecule has 6 nitrogen and oxygen atoms in total. The number of anilines is 1. The van der Waals surface area contributed by atoms with Gasteiger partial charge in [0.1, 0.15) is 0 Å². The Labute approximate surface area is 142 Å². The highest BCUT2D eigenvalue weighted by Crippen LogP contribution is 2.17. The lowest BCUT2D eigenvalue weighted by Gasteiger charge is -2.08. The lowest BCUT2D eigenvalue weighted by Crippen LogP contribution is -2.12. The molecule has 0 bridgehead atoms. The van der Waals surface area contributed by atoms with Crippen molar-refractivity contribution in [3.05, 3.63) is 57.8 Å². The van der Waals surface area contributed by atoms with Gasteiger partial charge in [-0.05, 0) is 35.7 Å². The fraction of sp³-hybridized carbons (Fsp3) is 0.118. The molecule has 0 fully saturated rings. The zero-order valence-corrected chi connectivity index (χ0v) is 13.9. The molecular formula is C17H15NO5S. The first-order valence-corrected chi connectivity index (χ1v) is 7.75. The summed E-state index contributed by atoms with van der Waals surface area (Å²) in [5.41, 5.74) is 0.565. The minimum Gasteiger partial charge on any atom is -0.465 e. The van der Waals surface area contributed by atoms with Crippen LogP contribution in [0.3, 0.4) is 0 Å². The van der Waals surface area contributed by atoms with Gasteiger partial charge in [-0.15, -0.1) is 11.3 Å². The van der Waals surface area contributed by atoms with Crippen molar-refractivity contribution in [3.8, 4) is 0 Å². The van der Waals surface area contributed by atoms with Crippen molar-refractivity contribution in [1.29, 1.82) is 0 Å². The number of carbonyl (C=O) groups excluding carboxylic acids is 3. The van der Waals surface area contributed by atoms with Crippen LogP contribution in [-0.4, -0.2) is 32.1 Å². The number of carbonyl (C=O) groups is 3. The molecule has 1 heterocycles. The van der Waals surface area contributed by atoms with Crippen molar-refractivity contribution in [2.24, 2.45) is 0 Å². The van der Waals surface area contributed by atoms with Gasteiger partial charge in [-0.2, -0.15) is 0 Å². The predicted octanol–water partition coefficient (Wildman–Crippen LogP) is 2.97. The molecule has 0 saturated carbocycles. The second kappa shape index (κ2) is 8.07. The van der Waals surface area contributed by atoms with Gasteiger partial charge in [0.15, 0.2) is 0 Å². The number of methoxy groups -OCH3 is 2. The molecule has 0 aliphatic rings. The normalized spacial score (nSPS) is 10.4. The third kappa shape index (κ3) is 4.53. The minimum absolute atomic E-state index is 0.137. The number of rotatable bonds is 5. The van der Waals surface area contributed by atoms with Crippen molar-refractivity contribution in [2.45, 2.75) is 0 Å². The Hall–Kier alpha value is -2.93. The molecule has 24 heavy (non-hydrogen) atoms. The molecule has 0 radical (unpaired) electrons. The average Bonchev–Trinajstić information content (AvgIpc) is 3.11. The molecule has 7 heteroatoms. The van der Waals surface area contributed by atoms with Crippen LogP contribution in [-0.2, 0) is 14.3 Å². The molecule has 0 aliphatic carbocycles. The third-order valence-corrected chi connectivity index (χ3v) is 3.82. The monoisotopic (exact) mass is 345 g/mol. The number of ether oxygens (including phenoxy) is 2. The molecule has 0 spiro atoms. The van der Waals surface area contributed by atoms with Crippen LogP contribution >= 0.6 is 11.3 Å². The van der Waals surface area contributed by atoms with E-state index in [0.29, 0.717) is 5.69 Å². The molecule has 2 aromatic rings. The zero-order valence-electron chi connectivity index (χ0n) is 13.1. The molecule has 1 amide bonds. The fourth-order valence-electron chi connectivity index (χ4n) is 1.90. The predicted molar refractivity (Wildman–Crippen MR) is 91.1 cm³/mol. The van der Waals surface area contributed by atoms with Gasteiger partial charge in [0.2, 0.25) is 5.91 Å². The summed E-state index contributed by atoms with van der Waals surface area (Å²) in [6, 6.07) is 7.95. The maximum atomic E-state index is 12.0. The van der Waals surface area contributed by atoms with E-state index in [1.165, 1.54) is 49.8 Å². The average molecular weight is 345 g/mol. The molecule has 0 unspecified atom stereocenters. The van der Waals surface area contributed by atoms with Crippen molar-refractivity contribution < 1.29 is 23.9 Å². The van der Waals surface area contributed by atoms with Gasteiger partial charge in [0.25, 0.3) is 0 Å². The van der Waals surface area contributed by atoms with Crippen molar-refractivity contribution >= 4 is 40.9 Å². The van der Waals surface area contributed by atoms with Crippen LogP contribution in [0.15, 0.2) is 41.8 Å². The minimum atomic E-state index is -0.620. The summed E-state index contributed by atoms with van der Waals surface area (Å²) in [5.74, 6) is -1.63. The summed E-state index contributed by atoms with van der Waals surface area (Å²) in [4.78, 5) is 36.3. The van der Waals surface area contributed by atoms with Crippen LogP contribution in [0.4, 0.5) is 5.69 Å². The Bertz CT molecular complexity index is 746. The summed E-state index contributed by atoms with van der Waals surface area (Å²) < 4.78 is 9.29. The lowest BCUT2D eigenvalue weighted by molar-refractivity contribution is -0.111. The van der Waals surface area contributed by atoms with Gasteiger partial charge in [0, 0.05) is 16.6 Å². The van der Waals surface area contributed by atoms with E-state index in [1.54, 1.807) is 6.08 Å². The van der Waals surface area contributed by atoms with Crippen LogP contribution in [0.2, 0.25) is 0 Å². The molecule has 2 rings (SSSR count). The number of thiophene rings is 1. The highest BCUT2D eigenvalue weighted by atomic mass is 32.1. The summed E-state index contributed by atoms with van der Waals surface area (Å²) in [5, 5.41) is 4.51. The van der Waals surface area contributed by atoms with E-state index in [4.69, 9.17) is 0 Å². The highest BCUT2D eigenvalue weighted by Gasteiger charge is 2.14. The first-order chi connectivity index (χ1) is 11.5. The molecule has 1 aromatic heterocycles. The fourth-order valence-corrected chi connectivity index (χ4v) is 2.52. The Morgan fingerprint density at radius 3 is 2.17 bits per heavy atom. The number of benzene rings is 1. The summed E-state index contributed by atoms with van der Waals surface area (Å²) in [7, 11) is 2.46. The van der Waals surface area contributed by atoms with Crippen molar-refractivity contribution in [3.63, 3.8) is 0 Å².